The summed E-state index contributed by atoms with van der Waals surface area (Å²) in [5.41, 5.74) is 0. The zero-order valence-corrected chi connectivity index (χ0v) is 6.02. The first-order valence-corrected chi connectivity index (χ1v) is 2.75. The second-order valence-corrected chi connectivity index (χ2v) is 2.25. The summed E-state index contributed by atoms with van der Waals surface area (Å²) < 4.78 is 4.49. The molecule has 3 heteroatoms. The maximum Gasteiger partial charge on any atom is 0.125 e. The van der Waals surface area contributed by atoms with Crippen LogP contribution in [-0.2, 0) is 9.53 Å². The minimum absolute atomic E-state index is 0.206. The second kappa shape index (κ2) is 3.05. The lowest BCUT2D eigenvalue weighted by Gasteiger charge is -1.85. The van der Waals surface area contributed by atoms with Gasteiger partial charge in [0.15, 0.2) is 0 Å². The van der Waals surface area contributed by atoms with E-state index in [-0.39, 0.29) is 5.41 Å². The molecule has 0 bridgehead atoms. The zero-order valence-electron chi connectivity index (χ0n) is 4.02. The monoisotopic (exact) mass is 104 g/mol. The van der Waals surface area contributed by atoms with Gasteiger partial charge in [-0.1, -0.05) is 0 Å². The van der Waals surface area contributed by atoms with Crippen LogP contribution in [0.4, 0.5) is 0 Å². The number of methoxy groups -OCH3 is 1. The predicted molar refractivity (Wildman–Crippen MR) is 26.8 cm³/mol. The molecule has 0 aliphatic carbocycles. The lowest BCUT2D eigenvalue weighted by Crippen LogP contribution is -2.03. The van der Waals surface area contributed by atoms with Gasteiger partial charge in [0.05, 0.1) is 16.8 Å². The molecule has 0 fully saturated rings. The minimum Gasteiger partial charge on any atom is -0.377 e. The fourth-order valence-corrected chi connectivity index (χ4v) is 0.492. The molecule has 36 valence electrons. The van der Waals surface area contributed by atoms with Gasteiger partial charge in [-0.2, -0.15) is 0 Å². The van der Waals surface area contributed by atoms with Gasteiger partial charge in [-0.3, -0.25) is 0 Å². The molecule has 0 unspecified atom stereocenters. The Morgan fingerprint density at radius 1 is 2.00 bits per heavy atom. The first-order chi connectivity index (χ1) is 2.77. The Hall–Kier alpha value is -0.153. The molecule has 0 amide bonds. The molecule has 0 aromatic heterocycles. The van der Waals surface area contributed by atoms with Gasteiger partial charge in [-0.25, -0.2) is 0 Å². The van der Waals surface area contributed by atoms with E-state index >= 15 is 0 Å². The Morgan fingerprint density at radius 2 is 2.50 bits per heavy atom. The van der Waals surface area contributed by atoms with Crippen molar-refractivity contribution in [2.45, 2.75) is 0 Å². The van der Waals surface area contributed by atoms with Gasteiger partial charge in [0.1, 0.15) is 5.41 Å². The SMILES string of the molecule is COCC(=O)[SiH3]. The van der Waals surface area contributed by atoms with Gasteiger partial charge in [-0.05, 0) is 0 Å². The zero-order chi connectivity index (χ0) is 4.99. The molecule has 0 aliphatic rings. The van der Waals surface area contributed by atoms with E-state index < -0.39 is 0 Å². The molecule has 0 saturated heterocycles. The Labute approximate surface area is 39.9 Å². The van der Waals surface area contributed by atoms with Crippen molar-refractivity contribution < 1.29 is 9.53 Å². The van der Waals surface area contributed by atoms with Crippen LogP contribution in [-0.4, -0.2) is 29.4 Å². The molecule has 0 heterocycles. The lowest BCUT2D eigenvalue weighted by atomic mass is 10.8. The van der Waals surface area contributed by atoms with Crippen LogP contribution in [0.5, 0.6) is 0 Å². The summed E-state index contributed by atoms with van der Waals surface area (Å²) >= 11 is 0. The molecule has 0 N–H and O–H groups in total. The largest absolute Gasteiger partial charge is 0.377 e. The highest BCUT2D eigenvalue weighted by molar-refractivity contribution is 6.58. The average Bonchev–Trinajstić information content (AvgIpc) is 1.35. The summed E-state index contributed by atoms with van der Waals surface area (Å²) in [5, 5.41) is 0.206. The van der Waals surface area contributed by atoms with Crippen molar-refractivity contribution in [2.75, 3.05) is 13.7 Å². The van der Waals surface area contributed by atoms with E-state index in [9.17, 15) is 4.79 Å². The van der Waals surface area contributed by atoms with E-state index in [4.69, 9.17) is 0 Å². The Kier molecular flexibility index (Phi) is 2.98. The summed E-state index contributed by atoms with van der Waals surface area (Å²) in [5.74, 6) is 0. The van der Waals surface area contributed by atoms with E-state index in [1.165, 1.54) is 7.11 Å². The first kappa shape index (κ1) is 5.85. The van der Waals surface area contributed by atoms with E-state index in [0.717, 1.165) is 0 Å². The van der Waals surface area contributed by atoms with Crippen LogP contribution in [0.3, 0.4) is 0 Å². The van der Waals surface area contributed by atoms with E-state index in [1.54, 1.807) is 0 Å². The summed E-state index contributed by atoms with van der Waals surface area (Å²) in [4.78, 5) is 9.98. The maximum atomic E-state index is 9.98. The number of carbonyl (C=O) groups excluding carboxylic acids is 1. The average molecular weight is 104 g/mol. The van der Waals surface area contributed by atoms with Crippen LogP contribution in [0.25, 0.3) is 0 Å². The Morgan fingerprint density at radius 3 is 2.50 bits per heavy atom. The third-order valence-electron chi connectivity index (χ3n) is 0.348. The quantitative estimate of drug-likeness (QED) is 0.400. The summed E-state index contributed by atoms with van der Waals surface area (Å²) in [6.07, 6.45) is 0. The van der Waals surface area contributed by atoms with Gasteiger partial charge in [0, 0.05) is 7.11 Å². The molecule has 0 aromatic rings. The van der Waals surface area contributed by atoms with Crippen molar-refractivity contribution in [2.24, 2.45) is 0 Å². The molecule has 2 nitrogen and oxygen atoms in total. The van der Waals surface area contributed by atoms with Gasteiger partial charge in [0.2, 0.25) is 0 Å². The molecule has 0 aromatic carbocycles. The topological polar surface area (TPSA) is 26.3 Å². The van der Waals surface area contributed by atoms with Crippen LogP contribution in [0.2, 0.25) is 0 Å². The molecule has 0 radical (unpaired) electrons. The highest BCUT2D eigenvalue weighted by Gasteiger charge is 1.83. The summed E-state index contributed by atoms with van der Waals surface area (Å²) in [6, 6.07) is 0. The third kappa shape index (κ3) is 3.85. The smallest absolute Gasteiger partial charge is 0.125 e. The van der Waals surface area contributed by atoms with Gasteiger partial charge in [0.25, 0.3) is 0 Å². The van der Waals surface area contributed by atoms with Crippen molar-refractivity contribution in [1.82, 2.24) is 0 Å². The van der Waals surface area contributed by atoms with E-state index in [0.29, 0.717) is 16.8 Å². The van der Waals surface area contributed by atoms with Gasteiger partial charge < -0.3 is 9.53 Å². The van der Waals surface area contributed by atoms with Crippen molar-refractivity contribution in [3.8, 4) is 0 Å². The van der Waals surface area contributed by atoms with Crippen molar-refractivity contribution >= 4 is 15.6 Å². The standard InChI is InChI=1S/C3H8O2Si/c1-5-2-3(4)6/h2H2,1,6H3. The van der Waals surface area contributed by atoms with Crippen LogP contribution in [0.15, 0.2) is 0 Å². The molecule has 0 atom stereocenters. The Balaban J connectivity index is 2.83. The summed E-state index contributed by atoms with van der Waals surface area (Å²) in [6.45, 7) is 0.298. The molecule has 0 spiro atoms. The molecule has 0 rings (SSSR count). The van der Waals surface area contributed by atoms with Crippen LogP contribution >= 0.6 is 0 Å². The molecular weight excluding hydrogens is 96.1 g/mol. The maximum absolute atomic E-state index is 9.98. The Bertz CT molecular complexity index is 52.8. The van der Waals surface area contributed by atoms with Crippen LogP contribution in [0.1, 0.15) is 0 Å². The van der Waals surface area contributed by atoms with Crippen LogP contribution < -0.4 is 0 Å². The van der Waals surface area contributed by atoms with Gasteiger partial charge >= 0.3 is 0 Å². The minimum atomic E-state index is 0.206. The highest BCUT2D eigenvalue weighted by atomic mass is 28.1. The van der Waals surface area contributed by atoms with E-state index in [1.807, 2.05) is 0 Å². The fraction of sp³-hybridized carbons (Fsp3) is 0.667. The van der Waals surface area contributed by atoms with Crippen molar-refractivity contribution in [3.63, 3.8) is 0 Å². The number of ether oxygens (including phenoxy) is 1. The number of hydrogen-bond donors (Lipinski definition) is 0. The normalized spacial score (nSPS) is 8.83. The highest BCUT2D eigenvalue weighted by Crippen LogP contribution is 1.61. The fourth-order valence-electron chi connectivity index (χ4n) is 0.203. The second-order valence-electron chi connectivity index (χ2n) is 1.14. The van der Waals surface area contributed by atoms with Crippen molar-refractivity contribution in [1.29, 1.82) is 0 Å². The van der Waals surface area contributed by atoms with Crippen molar-refractivity contribution in [3.05, 3.63) is 0 Å². The molecule has 0 saturated carbocycles. The molecule has 0 aliphatic heterocycles. The molecule has 6 heavy (non-hydrogen) atoms. The molecular formula is C3H8O2Si. The third-order valence-corrected chi connectivity index (χ3v) is 0.636. The predicted octanol–water partition coefficient (Wildman–Crippen LogP) is -1.48. The lowest BCUT2D eigenvalue weighted by molar-refractivity contribution is -0.115. The number of rotatable bonds is 2. The number of carbonyl (C=O) groups is 1. The first-order valence-electron chi connectivity index (χ1n) is 1.75. The summed E-state index contributed by atoms with van der Waals surface area (Å²) in [7, 11) is 2.14. The number of hydrogen-bond acceptors (Lipinski definition) is 2. The van der Waals surface area contributed by atoms with Crippen LogP contribution in [0, 0.1) is 0 Å². The van der Waals surface area contributed by atoms with Gasteiger partial charge in [-0.15, -0.1) is 0 Å². The van der Waals surface area contributed by atoms with E-state index in [2.05, 4.69) is 4.74 Å².